The van der Waals surface area contributed by atoms with E-state index >= 15 is 0 Å². The summed E-state index contributed by atoms with van der Waals surface area (Å²) in [5.41, 5.74) is 0.862. The summed E-state index contributed by atoms with van der Waals surface area (Å²) in [7, 11) is 2.06. The smallest absolute Gasteiger partial charge is 0.293 e. The van der Waals surface area contributed by atoms with Gasteiger partial charge in [-0.05, 0) is 33.0 Å². The predicted molar refractivity (Wildman–Crippen MR) is 77.4 cm³/mol. The molecule has 1 aliphatic rings. The molecule has 1 aromatic rings. The molecule has 0 bridgehead atoms. The van der Waals surface area contributed by atoms with Crippen LogP contribution in [0, 0.1) is 10.1 Å². The second-order valence-electron chi connectivity index (χ2n) is 5.78. The summed E-state index contributed by atoms with van der Waals surface area (Å²) in [6.07, 6.45) is 0.630. The van der Waals surface area contributed by atoms with Crippen molar-refractivity contribution in [3.05, 3.63) is 33.9 Å². The Balaban J connectivity index is 2.37. The van der Waals surface area contributed by atoms with Crippen molar-refractivity contribution in [1.29, 1.82) is 0 Å². The van der Waals surface area contributed by atoms with Crippen LogP contribution >= 0.6 is 0 Å². The molecule has 2 rings (SSSR count). The zero-order chi connectivity index (χ0) is 14.9. The minimum atomic E-state index is -0.423. The van der Waals surface area contributed by atoms with Gasteiger partial charge in [-0.3, -0.25) is 19.8 Å². The summed E-state index contributed by atoms with van der Waals surface area (Å²) in [5.74, 6) is 0. The van der Waals surface area contributed by atoms with Crippen LogP contribution in [0.5, 0.6) is 0 Å². The van der Waals surface area contributed by atoms with E-state index in [9.17, 15) is 14.9 Å². The molecule has 20 heavy (non-hydrogen) atoms. The third kappa shape index (κ3) is 2.65. The largest absolute Gasteiger partial charge is 0.363 e. The molecular formula is C14H19N3O3. The highest BCUT2D eigenvalue weighted by molar-refractivity contribution is 5.79. The van der Waals surface area contributed by atoms with Gasteiger partial charge in [0.1, 0.15) is 12.0 Å². The third-order valence-electron chi connectivity index (χ3n) is 3.99. The maximum absolute atomic E-state index is 11.2. The first-order valence-electron chi connectivity index (χ1n) is 6.55. The molecule has 0 N–H and O–H groups in total. The number of hydrogen-bond donors (Lipinski definition) is 0. The van der Waals surface area contributed by atoms with Gasteiger partial charge in [0.05, 0.1) is 4.92 Å². The SMILES string of the molecule is CN1CCN(c2ccc(C=O)cc2[N+](=O)[O-])CC1(C)C. The molecule has 0 radical (unpaired) electrons. The molecule has 0 amide bonds. The summed E-state index contributed by atoms with van der Waals surface area (Å²) in [6, 6.07) is 4.64. The normalized spacial score (nSPS) is 18.9. The fourth-order valence-corrected chi connectivity index (χ4v) is 2.47. The molecule has 1 heterocycles. The van der Waals surface area contributed by atoms with Crippen LogP contribution in [0.15, 0.2) is 18.2 Å². The Labute approximate surface area is 118 Å². The van der Waals surface area contributed by atoms with Gasteiger partial charge in [-0.15, -0.1) is 0 Å². The van der Waals surface area contributed by atoms with E-state index in [-0.39, 0.29) is 11.2 Å². The lowest BCUT2D eigenvalue weighted by atomic mass is 9.99. The van der Waals surface area contributed by atoms with Gasteiger partial charge < -0.3 is 4.90 Å². The van der Waals surface area contributed by atoms with Crippen molar-refractivity contribution in [2.24, 2.45) is 0 Å². The molecule has 0 aliphatic carbocycles. The molecule has 0 aromatic heterocycles. The second-order valence-corrected chi connectivity index (χ2v) is 5.78. The van der Waals surface area contributed by atoms with Crippen LogP contribution in [-0.4, -0.2) is 48.3 Å². The Hall–Kier alpha value is -1.95. The Morgan fingerprint density at radius 1 is 1.35 bits per heavy atom. The van der Waals surface area contributed by atoms with Gasteiger partial charge >= 0.3 is 0 Å². The van der Waals surface area contributed by atoms with Gasteiger partial charge in [0.2, 0.25) is 0 Å². The van der Waals surface area contributed by atoms with Crippen LogP contribution in [0.3, 0.4) is 0 Å². The monoisotopic (exact) mass is 277 g/mol. The first kappa shape index (κ1) is 14.5. The lowest BCUT2D eigenvalue weighted by molar-refractivity contribution is -0.384. The molecule has 1 fully saturated rings. The fraction of sp³-hybridized carbons (Fsp3) is 0.500. The Bertz CT molecular complexity index is 542. The number of aldehydes is 1. The van der Waals surface area contributed by atoms with E-state index in [0.29, 0.717) is 24.1 Å². The molecule has 0 unspecified atom stereocenters. The number of carbonyl (C=O) groups is 1. The average molecular weight is 277 g/mol. The number of nitro benzene ring substituents is 1. The second kappa shape index (κ2) is 5.20. The van der Waals surface area contributed by atoms with E-state index in [2.05, 4.69) is 25.8 Å². The fourth-order valence-electron chi connectivity index (χ4n) is 2.47. The van der Waals surface area contributed by atoms with Crippen LogP contribution in [0.1, 0.15) is 24.2 Å². The topological polar surface area (TPSA) is 66.7 Å². The molecule has 108 valence electrons. The predicted octanol–water partition coefficient (Wildman–Crippen LogP) is 1.94. The van der Waals surface area contributed by atoms with Gasteiger partial charge in [0, 0.05) is 36.8 Å². The number of hydrogen-bond acceptors (Lipinski definition) is 5. The molecule has 0 atom stereocenters. The molecule has 0 saturated carbocycles. The van der Waals surface area contributed by atoms with E-state index in [1.165, 1.54) is 6.07 Å². The molecule has 6 heteroatoms. The Morgan fingerprint density at radius 3 is 2.60 bits per heavy atom. The van der Waals surface area contributed by atoms with E-state index in [4.69, 9.17) is 0 Å². The summed E-state index contributed by atoms with van der Waals surface area (Å²) in [6.45, 7) is 6.53. The number of carbonyl (C=O) groups excluding carboxylic acids is 1. The minimum absolute atomic E-state index is 0.00467. The minimum Gasteiger partial charge on any atom is -0.363 e. The summed E-state index contributed by atoms with van der Waals surface area (Å²) in [4.78, 5) is 25.8. The molecule has 1 saturated heterocycles. The van der Waals surface area contributed by atoms with Gasteiger partial charge in [0.25, 0.3) is 5.69 Å². The van der Waals surface area contributed by atoms with Crippen molar-refractivity contribution in [3.8, 4) is 0 Å². The summed E-state index contributed by atoms with van der Waals surface area (Å²) in [5, 5.41) is 11.2. The highest BCUT2D eigenvalue weighted by Gasteiger charge is 2.33. The van der Waals surface area contributed by atoms with Crippen LogP contribution in [0.2, 0.25) is 0 Å². The van der Waals surface area contributed by atoms with E-state index in [1.807, 2.05) is 4.90 Å². The van der Waals surface area contributed by atoms with Gasteiger partial charge in [-0.1, -0.05) is 0 Å². The van der Waals surface area contributed by atoms with Crippen LogP contribution in [0.25, 0.3) is 0 Å². The molecule has 6 nitrogen and oxygen atoms in total. The summed E-state index contributed by atoms with van der Waals surface area (Å²) >= 11 is 0. The molecule has 1 aromatic carbocycles. The van der Waals surface area contributed by atoms with Gasteiger partial charge in [0.15, 0.2) is 0 Å². The maximum Gasteiger partial charge on any atom is 0.293 e. The zero-order valence-corrected chi connectivity index (χ0v) is 12.0. The average Bonchev–Trinajstić information content (AvgIpc) is 2.41. The quantitative estimate of drug-likeness (QED) is 0.480. The lowest BCUT2D eigenvalue weighted by Gasteiger charge is -2.46. The first-order valence-corrected chi connectivity index (χ1v) is 6.55. The van der Waals surface area contributed by atoms with E-state index in [0.717, 1.165) is 13.1 Å². The molecule has 0 spiro atoms. The van der Waals surface area contributed by atoms with Crippen LogP contribution in [0.4, 0.5) is 11.4 Å². The number of rotatable bonds is 3. The first-order chi connectivity index (χ1) is 9.35. The molecular weight excluding hydrogens is 258 g/mol. The highest BCUT2D eigenvalue weighted by atomic mass is 16.6. The van der Waals surface area contributed by atoms with Crippen molar-refractivity contribution in [1.82, 2.24) is 4.90 Å². The maximum atomic E-state index is 11.2. The highest BCUT2D eigenvalue weighted by Crippen LogP contribution is 2.32. The van der Waals surface area contributed by atoms with Crippen molar-refractivity contribution in [3.63, 3.8) is 0 Å². The van der Waals surface area contributed by atoms with Crippen molar-refractivity contribution in [2.45, 2.75) is 19.4 Å². The zero-order valence-electron chi connectivity index (χ0n) is 12.0. The van der Waals surface area contributed by atoms with Crippen molar-refractivity contribution < 1.29 is 9.72 Å². The number of nitro groups is 1. The third-order valence-corrected chi connectivity index (χ3v) is 3.99. The van der Waals surface area contributed by atoms with E-state index < -0.39 is 4.92 Å². The lowest BCUT2D eigenvalue weighted by Crippen LogP contribution is -2.57. The van der Waals surface area contributed by atoms with Gasteiger partial charge in [-0.25, -0.2) is 0 Å². The number of nitrogens with zero attached hydrogens (tertiary/aromatic N) is 3. The van der Waals surface area contributed by atoms with Crippen molar-refractivity contribution in [2.75, 3.05) is 31.6 Å². The molecule has 1 aliphatic heterocycles. The number of benzene rings is 1. The summed E-state index contributed by atoms with van der Waals surface area (Å²) < 4.78 is 0. The van der Waals surface area contributed by atoms with Crippen LogP contribution in [-0.2, 0) is 0 Å². The standard InChI is InChI=1S/C14H19N3O3/c1-14(2)10-16(7-6-15(14)3)12-5-4-11(9-18)8-13(12)17(19)20/h4-5,8-9H,6-7,10H2,1-3H3. The Morgan fingerprint density at radius 2 is 2.05 bits per heavy atom. The van der Waals surface area contributed by atoms with Crippen LogP contribution < -0.4 is 4.90 Å². The van der Waals surface area contributed by atoms with E-state index in [1.54, 1.807) is 12.1 Å². The number of piperazine rings is 1. The number of likely N-dealkylation sites (N-methyl/N-ethyl adjacent to an activating group) is 1. The van der Waals surface area contributed by atoms with Crippen molar-refractivity contribution >= 4 is 17.7 Å². The Kier molecular flexibility index (Phi) is 3.76. The van der Waals surface area contributed by atoms with Gasteiger partial charge in [-0.2, -0.15) is 0 Å². The number of anilines is 1.